The molecule has 2 N–H and O–H groups in total. The third-order valence-electron chi connectivity index (χ3n) is 3.42. The number of piperidine rings is 1. The quantitative estimate of drug-likeness (QED) is 0.861. The zero-order valence-corrected chi connectivity index (χ0v) is 10.6. The number of methoxy groups -OCH3 is 1. The van der Waals surface area contributed by atoms with Gasteiger partial charge in [-0.1, -0.05) is 12.1 Å². The van der Waals surface area contributed by atoms with E-state index in [1.165, 1.54) is 24.9 Å². The lowest BCUT2D eigenvalue weighted by atomic mass is 10.1. The van der Waals surface area contributed by atoms with Crippen molar-refractivity contribution in [2.75, 3.05) is 26.7 Å². The van der Waals surface area contributed by atoms with Gasteiger partial charge in [0.2, 0.25) is 0 Å². The van der Waals surface area contributed by atoms with Crippen molar-refractivity contribution >= 4 is 0 Å². The van der Waals surface area contributed by atoms with E-state index < -0.39 is 0 Å². The van der Waals surface area contributed by atoms with Crippen molar-refractivity contribution in [2.24, 2.45) is 5.73 Å². The maximum atomic E-state index is 5.97. The van der Waals surface area contributed by atoms with Crippen molar-refractivity contribution in [2.45, 2.75) is 25.3 Å². The van der Waals surface area contributed by atoms with Gasteiger partial charge in [0.15, 0.2) is 0 Å². The molecule has 0 aliphatic carbocycles. The van der Waals surface area contributed by atoms with E-state index in [0.717, 1.165) is 25.3 Å². The number of nitrogens with zero attached hydrogens (tertiary/aromatic N) is 1. The molecule has 1 aromatic carbocycles. The van der Waals surface area contributed by atoms with Crippen molar-refractivity contribution in [3.63, 3.8) is 0 Å². The summed E-state index contributed by atoms with van der Waals surface area (Å²) in [6.45, 7) is 3.36. The molecular formula is C14H22N2O. The molecule has 17 heavy (non-hydrogen) atoms. The van der Waals surface area contributed by atoms with E-state index in [-0.39, 0.29) is 0 Å². The van der Waals surface area contributed by atoms with Gasteiger partial charge in [-0.2, -0.15) is 0 Å². The van der Waals surface area contributed by atoms with E-state index in [1.807, 2.05) is 12.1 Å². The molecule has 1 aliphatic heterocycles. The summed E-state index contributed by atoms with van der Waals surface area (Å²) in [6, 6.07) is 8.71. The van der Waals surface area contributed by atoms with E-state index in [1.54, 1.807) is 7.11 Å². The highest BCUT2D eigenvalue weighted by Gasteiger charge is 2.15. The lowest BCUT2D eigenvalue weighted by molar-refractivity contribution is 0.211. The maximum Gasteiger partial charge on any atom is 0.118 e. The Kier molecular flexibility index (Phi) is 4.40. The summed E-state index contributed by atoms with van der Waals surface area (Å²) in [6.07, 6.45) is 3.51. The van der Waals surface area contributed by atoms with Crippen molar-refractivity contribution in [3.05, 3.63) is 29.8 Å². The van der Waals surface area contributed by atoms with Gasteiger partial charge in [-0.15, -0.1) is 0 Å². The molecule has 0 aromatic heterocycles. The normalized spacial score (nSPS) is 21.4. The first-order valence-corrected chi connectivity index (χ1v) is 6.39. The van der Waals surface area contributed by atoms with E-state index in [4.69, 9.17) is 10.5 Å². The molecule has 1 fully saturated rings. The minimum Gasteiger partial charge on any atom is -0.497 e. The molecule has 1 aromatic rings. The van der Waals surface area contributed by atoms with Crippen LogP contribution >= 0.6 is 0 Å². The molecule has 0 saturated carbocycles. The topological polar surface area (TPSA) is 38.5 Å². The van der Waals surface area contributed by atoms with Gasteiger partial charge >= 0.3 is 0 Å². The third kappa shape index (κ3) is 3.72. The van der Waals surface area contributed by atoms with Crippen molar-refractivity contribution < 1.29 is 4.74 Å². The molecule has 1 heterocycles. The van der Waals surface area contributed by atoms with Crippen LogP contribution in [0, 0.1) is 0 Å². The Morgan fingerprint density at radius 3 is 2.76 bits per heavy atom. The molecule has 0 spiro atoms. The number of hydrogen-bond acceptors (Lipinski definition) is 3. The molecule has 2 rings (SSSR count). The summed E-state index contributed by atoms with van der Waals surface area (Å²) < 4.78 is 5.15. The number of benzene rings is 1. The largest absolute Gasteiger partial charge is 0.497 e. The fourth-order valence-corrected chi connectivity index (χ4v) is 2.37. The highest BCUT2D eigenvalue weighted by atomic mass is 16.5. The van der Waals surface area contributed by atoms with Gasteiger partial charge < -0.3 is 15.4 Å². The predicted molar refractivity (Wildman–Crippen MR) is 70.3 cm³/mol. The fraction of sp³-hybridized carbons (Fsp3) is 0.571. The van der Waals surface area contributed by atoms with Crippen LogP contribution in [0.15, 0.2) is 24.3 Å². The summed E-state index contributed by atoms with van der Waals surface area (Å²) in [5.41, 5.74) is 7.34. The number of ether oxygens (including phenoxy) is 1. The highest BCUT2D eigenvalue weighted by Crippen LogP contribution is 2.13. The Morgan fingerprint density at radius 1 is 1.35 bits per heavy atom. The first kappa shape index (κ1) is 12.4. The Balaban J connectivity index is 1.80. The fourth-order valence-electron chi connectivity index (χ4n) is 2.37. The molecule has 0 amide bonds. The van der Waals surface area contributed by atoms with Crippen LogP contribution < -0.4 is 10.5 Å². The first-order valence-electron chi connectivity index (χ1n) is 6.39. The number of hydrogen-bond donors (Lipinski definition) is 1. The minimum absolute atomic E-state index is 0.375. The number of rotatable bonds is 4. The van der Waals surface area contributed by atoms with Crippen LogP contribution in [0.2, 0.25) is 0 Å². The zero-order valence-electron chi connectivity index (χ0n) is 10.6. The monoisotopic (exact) mass is 234 g/mol. The average Bonchev–Trinajstić information content (AvgIpc) is 2.37. The lowest BCUT2D eigenvalue weighted by Crippen LogP contribution is -2.43. The molecule has 3 nitrogen and oxygen atoms in total. The van der Waals surface area contributed by atoms with E-state index in [0.29, 0.717) is 6.04 Å². The molecule has 0 radical (unpaired) electrons. The highest BCUT2D eigenvalue weighted by molar-refractivity contribution is 5.27. The van der Waals surface area contributed by atoms with Crippen LogP contribution in [0.5, 0.6) is 5.75 Å². The summed E-state index contributed by atoms with van der Waals surface area (Å²) in [4.78, 5) is 2.47. The minimum atomic E-state index is 0.375. The lowest BCUT2D eigenvalue weighted by Gasteiger charge is -2.30. The molecule has 0 bridgehead atoms. The Morgan fingerprint density at radius 2 is 2.12 bits per heavy atom. The second-order valence-corrected chi connectivity index (χ2v) is 4.80. The smallest absolute Gasteiger partial charge is 0.118 e. The van der Waals surface area contributed by atoms with Crippen LogP contribution in [0.3, 0.4) is 0 Å². The number of likely N-dealkylation sites (tertiary alicyclic amines) is 1. The molecule has 1 atom stereocenters. The van der Waals surface area contributed by atoms with Gasteiger partial charge in [0.25, 0.3) is 0 Å². The Bertz CT molecular complexity index is 337. The SMILES string of the molecule is COc1ccc(CCN2CCC[C@H](N)C2)cc1. The van der Waals surface area contributed by atoms with Gasteiger partial charge in [0, 0.05) is 19.1 Å². The average molecular weight is 234 g/mol. The van der Waals surface area contributed by atoms with Gasteiger partial charge in [0.05, 0.1) is 7.11 Å². The second kappa shape index (κ2) is 6.03. The molecule has 1 saturated heterocycles. The second-order valence-electron chi connectivity index (χ2n) is 4.80. The molecular weight excluding hydrogens is 212 g/mol. The van der Waals surface area contributed by atoms with Gasteiger partial charge in [0.1, 0.15) is 5.75 Å². The maximum absolute atomic E-state index is 5.97. The van der Waals surface area contributed by atoms with E-state index in [2.05, 4.69) is 17.0 Å². The standard InChI is InChI=1S/C14H22N2O/c1-17-14-6-4-12(5-7-14)8-10-16-9-2-3-13(15)11-16/h4-7,13H,2-3,8-11,15H2,1H3/t13-/m0/s1. The van der Waals surface area contributed by atoms with Crippen LogP contribution in [-0.2, 0) is 6.42 Å². The van der Waals surface area contributed by atoms with Gasteiger partial charge in [-0.25, -0.2) is 0 Å². The van der Waals surface area contributed by atoms with Gasteiger partial charge in [-0.05, 0) is 43.5 Å². The van der Waals surface area contributed by atoms with Crippen molar-refractivity contribution in [3.8, 4) is 5.75 Å². The van der Waals surface area contributed by atoms with Crippen molar-refractivity contribution in [1.29, 1.82) is 0 Å². The molecule has 1 aliphatic rings. The first-order chi connectivity index (χ1) is 8.28. The number of nitrogens with two attached hydrogens (primary N) is 1. The third-order valence-corrected chi connectivity index (χ3v) is 3.42. The van der Waals surface area contributed by atoms with Crippen LogP contribution in [0.25, 0.3) is 0 Å². The molecule has 0 unspecified atom stereocenters. The molecule has 3 heteroatoms. The predicted octanol–water partition coefficient (Wildman–Crippen LogP) is 1.66. The Labute approximate surface area is 104 Å². The summed E-state index contributed by atoms with van der Waals surface area (Å²) >= 11 is 0. The zero-order chi connectivity index (χ0) is 12.1. The van der Waals surface area contributed by atoms with E-state index >= 15 is 0 Å². The van der Waals surface area contributed by atoms with Crippen LogP contribution in [0.1, 0.15) is 18.4 Å². The summed E-state index contributed by atoms with van der Waals surface area (Å²) in [7, 11) is 1.70. The summed E-state index contributed by atoms with van der Waals surface area (Å²) in [5.74, 6) is 0.925. The van der Waals surface area contributed by atoms with Crippen LogP contribution in [-0.4, -0.2) is 37.7 Å². The van der Waals surface area contributed by atoms with Crippen LogP contribution in [0.4, 0.5) is 0 Å². The van der Waals surface area contributed by atoms with E-state index in [9.17, 15) is 0 Å². The summed E-state index contributed by atoms with van der Waals surface area (Å²) in [5, 5.41) is 0. The molecule has 94 valence electrons. The Hall–Kier alpha value is -1.06. The van der Waals surface area contributed by atoms with Gasteiger partial charge in [-0.3, -0.25) is 0 Å². The van der Waals surface area contributed by atoms with Crippen molar-refractivity contribution in [1.82, 2.24) is 4.90 Å².